The maximum atomic E-state index is 12.3. The number of hydrogen-bond donors (Lipinski definition) is 0. The predicted octanol–water partition coefficient (Wildman–Crippen LogP) is 4.09. The van der Waals surface area contributed by atoms with Crippen LogP contribution in [0, 0.1) is 0 Å². The number of halogens is 4. The van der Waals surface area contributed by atoms with Gasteiger partial charge in [-0.25, -0.2) is 8.78 Å². The highest BCUT2D eigenvalue weighted by Gasteiger charge is 2.16. The van der Waals surface area contributed by atoms with Gasteiger partial charge in [-0.2, -0.15) is 0 Å². The predicted molar refractivity (Wildman–Crippen MR) is 56.1 cm³/mol. The van der Waals surface area contributed by atoms with Crippen LogP contribution in [0.1, 0.15) is 29.3 Å². The number of rotatable bonds is 3. The van der Waals surface area contributed by atoms with E-state index in [2.05, 4.69) is 0 Å². The summed E-state index contributed by atoms with van der Waals surface area (Å²) in [5, 5.41) is -0.813. The van der Waals surface area contributed by atoms with Crippen molar-refractivity contribution in [2.24, 2.45) is 0 Å². The van der Waals surface area contributed by atoms with Crippen LogP contribution in [0.2, 0.25) is 5.02 Å². The Morgan fingerprint density at radius 1 is 1.40 bits per heavy atom. The first-order valence-corrected chi connectivity index (χ1v) is 5.00. The molecule has 0 saturated heterocycles. The second-order valence-electron chi connectivity index (χ2n) is 3.02. The lowest BCUT2D eigenvalue weighted by molar-refractivity contribution is 0.0991. The molecule has 82 valence electrons. The lowest BCUT2D eigenvalue weighted by Gasteiger charge is -2.06. The van der Waals surface area contributed by atoms with E-state index in [-0.39, 0.29) is 21.9 Å². The third-order valence-electron chi connectivity index (χ3n) is 1.88. The Morgan fingerprint density at radius 2 is 2.00 bits per heavy atom. The molecule has 1 aromatic carbocycles. The molecule has 0 aliphatic heterocycles. The van der Waals surface area contributed by atoms with Crippen molar-refractivity contribution in [1.29, 1.82) is 0 Å². The van der Waals surface area contributed by atoms with Crippen LogP contribution in [0.15, 0.2) is 18.2 Å². The molecule has 0 bridgehead atoms. The summed E-state index contributed by atoms with van der Waals surface area (Å²) in [7, 11) is 0. The van der Waals surface area contributed by atoms with Gasteiger partial charge in [0.2, 0.25) is 0 Å². The maximum absolute atomic E-state index is 12.3. The van der Waals surface area contributed by atoms with Crippen molar-refractivity contribution in [2.45, 2.75) is 18.7 Å². The molecular weight excluding hydrogens is 245 g/mol. The summed E-state index contributed by atoms with van der Waals surface area (Å²) in [5.74, 6) is -0.334. The summed E-state index contributed by atoms with van der Waals surface area (Å²) >= 11 is 11.2. The number of carbonyl (C=O) groups excluding carboxylic acids is 1. The van der Waals surface area contributed by atoms with E-state index in [0.717, 1.165) is 6.07 Å². The zero-order valence-corrected chi connectivity index (χ0v) is 9.32. The Bertz CT molecular complexity index is 378. The smallest absolute Gasteiger partial charge is 0.265 e. The molecule has 5 heteroatoms. The van der Waals surface area contributed by atoms with Gasteiger partial charge in [0, 0.05) is 11.1 Å². The van der Waals surface area contributed by atoms with Gasteiger partial charge in [-0.3, -0.25) is 4.79 Å². The summed E-state index contributed by atoms with van der Waals surface area (Å²) < 4.78 is 24.6. The van der Waals surface area contributed by atoms with E-state index in [4.69, 9.17) is 23.2 Å². The van der Waals surface area contributed by atoms with Crippen molar-refractivity contribution < 1.29 is 13.6 Å². The van der Waals surface area contributed by atoms with E-state index in [1.165, 1.54) is 19.1 Å². The first-order valence-electron chi connectivity index (χ1n) is 4.19. The van der Waals surface area contributed by atoms with Crippen LogP contribution in [0.3, 0.4) is 0 Å². The second kappa shape index (κ2) is 4.90. The van der Waals surface area contributed by atoms with Gasteiger partial charge in [-0.15, -0.1) is 11.6 Å². The molecule has 1 atom stereocenters. The normalized spacial score (nSPS) is 12.9. The molecule has 0 amide bonds. The second-order valence-corrected chi connectivity index (χ2v) is 4.08. The average molecular weight is 253 g/mol. The van der Waals surface area contributed by atoms with Gasteiger partial charge in [0.15, 0.2) is 5.78 Å². The highest BCUT2D eigenvalue weighted by atomic mass is 35.5. The largest absolute Gasteiger partial charge is 0.293 e. The molecule has 0 aromatic heterocycles. The minimum absolute atomic E-state index is 0.117. The summed E-state index contributed by atoms with van der Waals surface area (Å²) in [6.07, 6.45) is -2.64. The Hall–Kier alpha value is -0.670. The fourth-order valence-electron chi connectivity index (χ4n) is 1.09. The van der Waals surface area contributed by atoms with Crippen molar-refractivity contribution in [2.75, 3.05) is 0 Å². The summed E-state index contributed by atoms with van der Waals surface area (Å²) in [4.78, 5) is 11.4. The molecule has 1 nitrogen and oxygen atoms in total. The van der Waals surface area contributed by atoms with E-state index < -0.39 is 11.8 Å². The number of benzene rings is 1. The number of alkyl halides is 3. The molecule has 0 spiro atoms. The van der Waals surface area contributed by atoms with E-state index in [9.17, 15) is 13.6 Å². The minimum atomic E-state index is -2.64. The molecule has 0 fully saturated rings. The Kier molecular flexibility index (Phi) is 4.05. The Balaban J connectivity index is 3.07. The molecule has 1 rings (SSSR count). The average Bonchev–Trinajstić information content (AvgIpc) is 2.15. The standard InChI is InChI=1S/C10H8Cl2F2O/c1-5(11)9(15)6-2-3-7(10(13)14)8(12)4-6/h2-5,10H,1H3. The van der Waals surface area contributed by atoms with Gasteiger partial charge in [0.25, 0.3) is 6.43 Å². The van der Waals surface area contributed by atoms with Crippen LogP contribution in [-0.4, -0.2) is 11.2 Å². The molecule has 1 unspecified atom stereocenters. The molecule has 0 saturated carbocycles. The fraction of sp³-hybridized carbons (Fsp3) is 0.300. The van der Waals surface area contributed by atoms with Crippen LogP contribution >= 0.6 is 23.2 Å². The maximum Gasteiger partial charge on any atom is 0.265 e. The molecule has 1 aromatic rings. The van der Waals surface area contributed by atoms with Crippen LogP contribution in [-0.2, 0) is 0 Å². The monoisotopic (exact) mass is 252 g/mol. The zero-order valence-electron chi connectivity index (χ0n) is 7.81. The Morgan fingerprint density at radius 3 is 2.40 bits per heavy atom. The van der Waals surface area contributed by atoms with Crippen molar-refractivity contribution in [3.63, 3.8) is 0 Å². The van der Waals surface area contributed by atoms with Gasteiger partial charge >= 0.3 is 0 Å². The minimum Gasteiger partial charge on any atom is -0.293 e. The van der Waals surface area contributed by atoms with E-state index in [1.807, 2.05) is 0 Å². The third kappa shape index (κ3) is 2.89. The van der Waals surface area contributed by atoms with Crippen LogP contribution in [0.25, 0.3) is 0 Å². The van der Waals surface area contributed by atoms with Gasteiger partial charge in [-0.1, -0.05) is 23.7 Å². The molecule has 0 N–H and O–H groups in total. The third-order valence-corrected chi connectivity index (χ3v) is 2.41. The Labute approximate surface area is 96.0 Å². The molecule has 0 heterocycles. The van der Waals surface area contributed by atoms with Crippen molar-refractivity contribution in [1.82, 2.24) is 0 Å². The highest BCUT2D eigenvalue weighted by Crippen LogP contribution is 2.28. The lowest BCUT2D eigenvalue weighted by atomic mass is 10.1. The first kappa shape index (κ1) is 12.4. The van der Waals surface area contributed by atoms with Gasteiger partial charge in [0.1, 0.15) is 0 Å². The van der Waals surface area contributed by atoms with Crippen LogP contribution < -0.4 is 0 Å². The van der Waals surface area contributed by atoms with E-state index in [1.54, 1.807) is 0 Å². The van der Waals surface area contributed by atoms with Crippen molar-refractivity contribution in [3.05, 3.63) is 34.3 Å². The van der Waals surface area contributed by atoms with Crippen LogP contribution in [0.5, 0.6) is 0 Å². The van der Waals surface area contributed by atoms with Crippen molar-refractivity contribution in [3.8, 4) is 0 Å². The first-order chi connectivity index (χ1) is 6.93. The zero-order chi connectivity index (χ0) is 11.6. The molecular formula is C10H8Cl2F2O. The number of carbonyl (C=O) groups is 1. The van der Waals surface area contributed by atoms with Gasteiger partial charge in [0.05, 0.1) is 10.4 Å². The summed E-state index contributed by atoms with van der Waals surface area (Å²) in [6.45, 7) is 1.51. The van der Waals surface area contributed by atoms with Crippen molar-refractivity contribution >= 4 is 29.0 Å². The molecule has 15 heavy (non-hydrogen) atoms. The molecule has 0 aliphatic rings. The molecule has 0 radical (unpaired) electrons. The summed E-state index contributed by atoms with van der Waals surface area (Å²) in [6, 6.07) is 3.65. The number of hydrogen-bond acceptors (Lipinski definition) is 1. The van der Waals surface area contributed by atoms with Crippen LogP contribution in [0.4, 0.5) is 8.78 Å². The number of ketones is 1. The topological polar surface area (TPSA) is 17.1 Å². The molecule has 0 aliphatic carbocycles. The summed E-state index contributed by atoms with van der Waals surface area (Å²) in [5.41, 5.74) is -0.0395. The van der Waals surface area contributed by atoms with E-state index >= 15 is 0 Å². The quantitative estimate of drug-likeness (QED) is 0.585. The number of Topliss-reactive ketones (excluding diaryl/α,β-unsaturated/α-hetero) is 1. The van der Waals surface area contributed by atoms with Gasteiger partial charge in [-0.05, 0) is 13.0 Å². The van der Waals surface area contributed by atoms with Gasteiger partial charge < -0.3 is 0 Å². The van der Waals surface area contributed by atoms with E-state index in [0.29, 0.717) is 0 Å². The highest BCUT2D eigenvalue weighted by molar-refractivity contribution is 6.35. The fourth-order valence-corrected chi connectivity index (χ4v) is 1.48. The lowest BCUT2D eigenvalue weighted by Crippen LogP contribution is -2.10. The SMILES string of the molecule is CC(Cl)C(=O)c1ccc(C(F)F)c(Cl)c1.